The molecule has 1 aromatic heterocycles. The number of nitrogens with zero attached hydrogens (tertiary/aromatic N) is 2. The van der Waals surface area contributed by atoms with Crippen molar-refractivity contribution in [2.75, 3.05) is 41.0 Å². The minimum Gasteiger partial charge on any atom is -0.465 e. The van der Waals surface area contributed by atoms with Crippen LogP contribution in [-0.2, 0) is 16.0 Å². The molecule has 0 radical (unpaired) electrons. The van der Waals surface area contributed by atoms with Gasteiger partial charge in [-0.2, -0.15) is 0 Å². The Morgan fingerprint density at radius 2 is 2.25 bits per heavy atom. The molecule has 1 aromatic rings. The van der Waals surface area contributed by atoms with E-state index in [0.717, 1.165) is 32.1 Å². The third-order valence-corrected chi connectivity index (χ3v) is 3.99. The number of esters is 1. The predicted molar refractivity (Wildman–Crippen MR) is 102 cm³/mol. The van der Waals surface area contributed by atoms with Gasteiger partial charge in [0.15, 0.2) is 5.96 Å². The molecule has 0 bridgehead atoms. The van der Waals surface area contributed by atoms with Crippen LogP contribution in [0, 0.1) is 12.8 Å². The molecule has 0 aromatic carbocycles. The van der Waals surface area contributed by atoms with Crippen LogP contribution in [0.2, 0.25) is 0 Å². The van der Waals surface area contributed by atoms with E-state index in [4.69, 9.17) is 13.9 Å². The number of rotatable bonds is 5. The molecule has 0 spiro atoms. The van der Waals surface area contributed by atoms with Crippen LogP contribution in [-0.4, -0.2) is 57.8 Å². The molecular weight excluding hydrogens is 425 g/mol. The number of likely N-dealkylation sites (tertiary alicyclic amines) is 1. The number of carbonyl (C=O) groups excluding carboxylic acids is 1. The molecule has 0 amide bonds. The normalized spacial score (nSPS) is 17.6. The number of ether oxygens (including phenoxy) is 2. The first-order valence-electron chi connectivity index (χ1n) is 7.71. The molecule has 0 aliphatic carbocycles. The molecule has 8 heteroatoms. The summed E-state index contributed by atoms with van der Waals surface area (Å²) in [5.74, 6) is 2.22. The number of hydrogen-bond acceptors (Lipinski definition) is 5. The Labute approximate surface area is 159 Å². The van der Waals surface area contributed by atoms with Crippen molar-refractivity contribution in [3.63, 3.8) is 0 Å². The fourth-order valence-electron chi connectivity index (χ4n) is 2.84. The third kappa shape index (κ3) is 5.10. The van der Waals surface area contributed by atoms with Gasteiger partial charge >= 0.3 is 5.97 Å². The summed E-state index contributed by atoms with van der Waals surface area (Å²) in [6, 6.07) is 1.71. The lowest BCUT2D eigenvalue weighted by Gasteiger charge is -2.21. The molecule has 1 fully saturated rings. The molecule has 7 nitrogen and oxygen atoms in total. The van der Waals surface area contributed by atoms with Gasteiger partial charge in [-0.1, -0.05) is 0 Å². The summed E-state index contributed by atoms with van der Waals surface area (Å²) in [7, 11) is 4.85. The number of furan rings is 1. The van der Waals surface area contributed by atoms with Crippen LogP contribution in [0.5, 0.6) is 0 Å². The summed E-state index contributed by atoms with van der Waals surface area (Å²) in [6.45, 7) is 4.88. The van der Waals surface area contributed by atoms with Crippen LogP contribution >= 0.6 is 24.0 Å². The Kier molecular flexibility index (Phi) is 8.54. The predicted octanol–water partition coefficient (Wildman–Crippen LogP) is 2.04. The number of carbonyl (C=O) groups is 1. The summed E-state index contributed by atoms with van der Waals surface area (Å²) in [5.41, 5.74) is 0.459. The number of aryl methyl sites for hydroxylation is 1. The summed E-state index contributed by atoms with van der Waals surface area (Å²) in [5, 5.41) is 3.28. The van der Waals surface area contributed by atoms with Crippen LogP contribution in [0.15, 0.2) is 15.5 Å². The van der Waals surface area contributed by atoms with Gasteiger partial charge in [-0.25, -0.2) is 4.79 Å². The summed E-state index contributed by atoms with van der Waals surface area (Å²) in [6.07, 6.45) is 1.10. The minimum absolute atomic E-state index is 0. The van der Waals surface area contributed by atoms with Gasteiger partial charge in [0, 0.05) is 33.2 Å². The maximum atomic E-state index is 11.6. The summed E-state index contributed by atoms with van der Waals surface area (Å²) >= 11 is 0. The highest BCUT2D eigenvalue weighted by molar-refractivity contribution is 14.0. The van der Waals surface area contributed by atoms with Crippen molar-refractivity contribution in [2.24, 2.45) is 10.9 Å². The van der Waals surface area contributed by atoms with Crippen molar-refractivity contribution >= 4 is 35.9 Å². The van der Waals surface area contributed by atoms with Crippen LogP contribution in [0.4, 0.5) is 0 Å². The fraction of sp³-hybridized carbons (Fsp3) is 0.625. The Hall–Kier alpha value is -1.29. The average Bonchev–Trinajstić information content (AvgIpc) is 3.15. The molecular formula is C16H26IN3O4. The first-order valence-corrected chi connectivity index (χ1v) is 7.71. The standard InChI is InChI=1S/C16H25N3O4.HI/c1-11-14(15(20)22-4)7-13(23-11)8-18-16(17-2)19-6-5-12(9-19)10-21-3;/h7,12H,5-6,8-10H2,1-4H3,(H,17,18);1H. The first-order chi connectivity index (χ1) is 11.1. The minimum atomic E-state index is -0.385. The van der Waals surface area contributed by atoms with Gasteiger partial charge in [-0.05, 0) is 19.4 Å². The molecule has 2 rings (SSSR count). The van der Waals surface area contributed by atoms with Crippen LogP contribution in [0.25, 0.3) is 0 Å². The topological polar surface area (TPSA) is 76.3 Å². The maximum absolute atomic E-state index is 11.6. The second-order valence-electron chi connectivity index (χ2n) is 5.63. The largest absolute Gasteiger partial charge is 0.465 e. The third-order valence-electron chi connectivity index (χ3n) is 3.99. The van der Waals surface area contributed by atoms with E-state index in [1.165, 1.54) is 7.11 Å². The zero-order valence-electron chi connectivity index (χ0n) is 14.6. The lowest BCUT2D eigenvalue weighted by molar-refractivity contribution is 0.0599. The van der Waals surface area contributed by atoms with E-state index in [1.807, 2.05) is 0 Å². The smallest absolute Gasteiger partial charge is 0.341 e. The van der Waals surface area contributed by atoms with Gasteiger partial charge in [-0.3, -0.25) is 4.99 Å². The molecule has 1 aliphatic rings. The van der Waals surface area contributed by atoms with Crippen molar-refractivity contribution < 1.29 is 18.7 Å². The van der Waals surface area contributed by atoms with Crippen LogP contribution in [0.3, 0.4) is 0 Å². The van der Waals surface area contributed by atoms with E-state index in [-0.39, 0.29) is 29.9 Å². The second-order valence-corrected chi connectivity index (χ2v) is 5.63. The lowest BCUT2D eigenvalue weighted by Crippen LogP contribution is -2.39. The van der Waals surface area contributed by atoms with Crippen molar-refractivity contribution in [3.8, 4) is 0 Å². The second kappa shape index (κ2) is 9.87. The zero-order chi connectivity index (χ0) is 16.8. The highest BCUT2D eigenvalue weighted by Gasteiger charge is 2.25. The number of methoxy groups -OCH3 is 2. The fourth-order valence-corrected chi connectivity index (χ4v) is 2.84. The van der Waals surface area contributed by atoms with Crippen LogP contribution < -0.4 is 5.32 Å². The van der Waals surface area contributed by atoms with Gasteiger partial charge in [0.2, 0.25) is 0 Å². The van der Waals surface area contributed by atoms with Crippen LogP contribution in [0.1, 0.15) is 28.3 Å². The highest BCUT2D eigenvalue weighted by atomic mass is 127. The molecule has 1 aliphatic heterocycles. The monoisotopic (exact) mass is 451 g/mol. The van der Waals surface area contributed by atoms with Gasteiger partial charge in [-0.15, -0.1) is 24.0 Å². The first kappa shape index (κ1) is 20.8. The molecule has 1 atom stereocenters. The van der Waals surface area contributed by atoms with E-state index in [2.05, 4.69) is 15.2 Å². The van der Waals surface area contributed by atoms with Crippen molar-refractivity contribution in [2.45, 2.75) is 19.9 Å². The van der Waals surface area contributed by atoms with Gasteiger partial charge in [0.05, 0.1) is 20.3 Å². The Morgan fingerprint density at radius 1 is 1.50 bits per heavy atom. The number of halogens is 1. The van der Waals surface area contributed by atoms with E-state index < -0.39 is 0 Å². The van der Waals surface area contributed by atoms with Gasteiger partial charge in [0.1, 0.15) is 17.1 Å². The highest BCUT2D eigenvalue weighted by Crippen LogP contribution is 2.18. The Morgan fingerprint density at radius 3 is 2.88 bits per heavy atom. The quantitative estimate of drug-likeness (QED) is 0.320. The molecule has 0 saturated carbocycles. The van der Waals surface area contributed by atoms with Crippen molar-refractivity contribution in [1.82, 2.24) is 10.2 Å². The maximum Gasteiger partial charge on any atom is 0.341 e. The van der Waals surface area contributed by atoms with E-state index in [9.17, 15) is 4.79 Å². The number of aliphatic imine (C=N–C) groups is 1. The molecule has 1 saturated heterocycles. The van der Waals surface area contributed by atoms with Crippen molar-refractivity contribution in [3.05, 3.63) is 23.2 Å². The summed E-state index contributed by atoms with van der Waals surface area (Å²) < 4.78 is 15.5. The Balaban J connectivity index is 0.00000288. The van der Waals surface area contributed by atoms with E-state index in [0.29, 0.717) is 29.5 Å². The SMILES string of the molecule is CN=C(NCc1cc(C(=O)OC)c(C)o1)N1CCC(COC)C1.I. The molecule has 24 heavy (non-hydrogen) atoms. The zero-order valence-corrected chi connectivity index (χ0v) is 17.0. The Bertz CT molecular complexity index is 574. The number of guanidine groups is 1. The lowest BCUT2D eigenvalue weighted by atomic mass is 10.1. The molecule has 2 heterocycles. The number of hydrogen-bond donors (Lipinski definition) is 1. The summed E-state index contributed by atoms with van der Waals surface area (Å²) in [4.78, 5) is 18.1. The number of nitrogens with one attached hydrogen (secondary N) is 1. The average molecular weight is 451 g/mol. The van der Waals surface area contributed by atoms with Gasteiger partial charge < -0.3 is 24.1 Å². The van der Waals surface area contributed by atoms with Crippen molar-refractivity contribution in [1.29, 1.82) is 0 Å². The van der Waals surface area contributed by atoms with E-state index >= 15 is 0 Å². The van der Waals surface area contributed by atoms with Gasteiger partial charge in [0.25, 0.3) is 0 Å². The molecule has 1 unspecified atom stereocenters. The van der Waals surface area contributed by atoms with E-state index in [1.54, 1.807) is 27.1 Å². The molecule has 136 valence electrons. The molecule has 1 N–H and O–H groups in total.